The van der Waals surface area contributed by atoms with E-state index >= 15 is 0 Å². The first-order chi connectivity index (χ1) is 29.6. The molecule has 1 aliphatic heterocycles. The van der Waals surface area contributed by atoms with E-state index < -0.39 is 65.7 Å². The number of rotatable bonds is 15. The van der Waals surface area contributed by atoms with Crippen LogP contribution in [0.1, 0.15) is 86.0 Å². The Labute approximate surface area is 361 Å². The number of hydrogen-bond donors (Lipinski definition) is 8. The van der Waals surface area contributed by atoms with E-state index in [1.165, 1.54) is 62.9 Å². The smallest absolute Gasteiger partial charge is 0.326 e. The Balaban J connectivity index is 1.38. The molecule has 5 atom stereocenters. The fourth-order valence-electron chi connectivity index (χ4n) is 7.33. The summed E-state index contributed by atoms with van der Waals surface area (Å²) in [4.78, 5) is 82.2. The number of nitrogens with zero attached hydrogens (tertiary/aromatic N) is 1. The Morgan fingerprint density at radius 1 is 0.823 bits per heavy atom. The van der Waals surface area contributed by atoms with Gasteiger partial charge in [0.1, 0.15) is 41.7 Å². The third kappa shape index (κ3) is 11.5. The van der Waals surface area contributed by atoms with Crippen molar-refractivity contribution in [3.63, 3.8) is 0 Å². The van der Waals surface area contributed by atoms with Gasteiger partial charge in [-0.1, -0.05) is 61.9 Å². The van der Waals surface area contributed by atoms with Crippen LogP contribution in [0.25, 0.3) is 22.3 Å². The number of carboxylic acid groups (broad SMARTS) is 1. The van der Waals surface area contributed by atoms with Crippen molar-refractivity contribution < 1.29 is 44.1 Å². The van der Waals surface area contributed by atoms with Crippen LogP contribution in [0.4, 0.5) is 0 Å². The highest BCUT2D eigenvalue weighted by Crippen LogP contribution is 2.39. The monoisotopic (exact) mass is 848 g/mol. The number of nitrogens with one attached hydrogen (secondary N) is 4. The number of hydrogen-bond acceptors (Lipinski definition) is 9. The first-order valence-electron chi connectivity index (χ1n) is 20.9. The fraction of sp³-hybridized carbons (Fsp3) is 0.362. The van der Waals surface area contributed by atoms with Crippen LogP contribution in [-0.4, -0.2) is 93.5 Å². The predicted molar refractivity (Wildman–Crippen MR) is 234 cm³/mol. The zero-order chi connectivity index (χ0) is 45.1. The highest BCUT2D eigenvalue weighted by Gasteiger charge is 2.36. The van der Waals surface area contributed by atoms with Gasteiger partial charge in [-0.05, 0) is 117 Å². The lowest BCUT2D eigenvalue weighted by Crippen LogP contribution is -2.56. The molecule has 15 nitrogen and oxygen atoms in total. The van der Waals surface area contributed by atoms with E-state index in [4.69, 9.17) is 5.73 Å². The van der Waals surface area contributed by atoms with Crippen molar-refractivity contribution in [1.82, 2.24) is 26.2 Å². The molecule has 5 amide bonds. The highest BCUT2D eigenvalue weighted by molar-refractivity contribution is 5.99. The van der Waals surface area contributed by atoms with Crippen LogP contribution in [0.2, 0.25) is 0 Å². The van der Waals surface area contributed by atoms with Gasteiger partial charge in [0.15, 0.2) is 0 Å². The number of carbonyl (C=O) groups excluding carboxylic acids is 5. The van der Waals surface area contributed by atoms with Crippen LogP contribution in [0, 0.1) is 0 Å². The molecule has 0 fully saturated rings. The maximum Gasteiger partial charge on any atom is 0.326 e. The minimum atomic E-state index is -1.46. The molecule has 0 saturated carbocycles. The Kier molecular flexibility index (Phi) is 15.8. The van der Waals surface area contributed by atoms with Crippen molar-refractivity contribution in [3.8, 4) is 33.8 Å². The zero-order valence-electron chi connectivity index (χ0n) is 35.4. The van der Waals surface area contributed by atoms with E-state index in [2.05, 4.69) is 52.5 Å². The quantitative estimate of drug-likeness (QED) is 0.0788. The van der Waals surface area contributed by atoms with Crippen LogP contribution in [0.5, 0.6) is 11.5 Å². The van der Waals surface area contributed by atoms with Gasteiger partial charge in [-0.3, -0.25) is 24.0 Å². The summed E-state index contributed by atoms with van der Waals surface area (Å²) >= 11 is 0. The lowest BCUT2D eigenvalue weighted by Gasteiger charge is -2.33. The minimum absolute atomic E-state index is 0.0879. The van der Waals surface area contributed by atoms with Crippen molar-refractivity contribution in [2.45, 2.75) is 95.9 Å². The van der Waals surface area contributed by atoms with Crippen molar-refractivity contribution in [2.75, 3.05) is 13.6 Å². The Bertz CT molecular complexity index is 2260. The second kappa shape index (κ2) is 21.2. The van der Waals surface area contributed by atoms with Crippen LogP contribution in [-0.2, 0) is 36.8 Å². The second-order valence-corrected chi connectivity index (χ2v) is 15.7. The van der Waals surface area contributed by atoms with E-state index in [-0.39, 0.29) is 41.0 Å². The summed E-state index contributed by atoms with van der Waals surface area (Å²) in [6, 6.07) is 17.3. The van der Waals surface area contributed by atoms with E-state index in [1.807, 2.05) is 12.1 Å². The molecule has 4 aromatic rings. The SMILES string of the molecule is CCCCc1ccc(-c2ccc(C(=O)NC(C)C(=O)NC(CCCCN)C(=O)N(C)C3C(=O)NC(C)C(=O)NC(C(=O)O)Cc4ccc(O)c(c4)-c4cc3ccc4O)cc2)cc1. The largest absolute Gasteiger partial charge is 0.507 e. The Hall–Kier alpha value is -6.74. The molecule has 62 heavy (non-hydrogen) atoms. The zero-order valence-corrected chi connectivity index (χ0v) is 35.4. The van der Waals surface area contributed by atoms with E-state index in [1.54, 1.807) is 12.1 Å². The minimum Gasteiger partial charge on any atom is -0.507 e. The third-order valence-corrected chi connectivity index (χ3v) is 11.0. The molecule has 1 heterocycles. The summed E-state index contributed by atoms with van der Waals surface area (Å²) in [7, 11) is 1.35. The first-order valence-corrected chi connectivity index (χ1v) is 20.9. The average Bonchev–Trinajstić information content (AvgIpc) is 3.25. The molecule has 0 aliphatic carbocycles. The second-order valence-electron chi connectivity index (χ2n) is 15.7. The topological polar surface area (TPSA) is 240 Å². The van der Waals surface area contributed by atoms with Crippen LogP contribution < -0.4 is 27.0 Å². The maximum atomic E-state index is 14.5. The third-order valence-electron chi connectivity index (χ3n) is 11.0. The molecule has 5 rings (SSSR count). The molecule has 0 aromatic heterocycles. The summed E-state index contributed by atoms with van der Waals surface area (Å²) in [5.41, 5.74) is 10.1. The molecule has 5 unspecified atom stereocenters. The summed E-state index contributed by atoms with van der Waals surface area (Å²) < 4.78 is 0. The number of benzene rings is 4. The summed E-state index contributed by atoms with van der Waals surface area (Å²) in [5.74, 6) is -5.34. The number of aromatic hydroxyl groups is 2. The molecule has 4 aromatic carbocycles. The standard InChI is InChI=1S/C47H56N6O9/c1-5-6-9-29-11-14-31(15-12-29)32-16-18-33(19-17-32)44(58)49-27(2)42(56)51-37(10-7-8-23-48)46(60)53(4)41-34-20-22-40(55)36(26-34)35-24-30(13-21-39(35)54)25-38(47(61)62)52-43(57)28(3)50-45(41)59/h11-22,24,26-28,37-38,41,54-55H,5-10,23,25,48H2,1-4H3,(H,49,58)(H,50,59)(H,51,56)(H,52,57)(H,61,62). The summed E-state index contributed by atoms with van der Waals surface area (Å²) in [6.45, 7) is 5.33. The van der Waals surface area contributed by atoms with Gasteiger partial charge in [0.05, 0.1) is 0 Å². The molecule has 4 bridgehead atoms. The first kappa shape index (κ1) is 46.3. The number of nitrogens with two attached hydrogens (primary N) is 1. The summed E-state index contributed by atoms with van der Waals surface area (Å²) in [6.07, 6.45) is 4.15. The Morgan fingerprint density at radius 3 is 2.08 bits per heavy atom. The molecule has 0 radical (unpaired) electrons. The highest BCUT2D eigenvalue weighted by atomic mass is 16.4. The van der Waals surface area contributed by atoms with Crippen molar-refractivity contribution in [1.29, 1.82) is 0 Å². The Morgan fingerprint density at radius 2 is 1.45 bits per heavy atom. The van der Waals surface area contributed by atoms with Crippen LogP contribution in [0.15, 0.2) is 84.9 Å². The average molecular weight is 849 g/mol. The number of carbonyl (C=O) groups is 6. The van der Waals surface area contributed by atoms with Gasteiger partial charge in [-0.25, -0.2) is 4.79 Å². The molecular weight excluding hydrogens is 793 g/mol. The van der Waals surface area contributed by atoms with Gasteiger partial charge in [-0.15, -0.1) is 0 Å². The molecule has 0 spiro atoms. The lowest BCUT2D eigenvalue weighted by atomic mass is 9.93. The number of phenols is 2. The molecule has 328 valence electrons. The number of aliphatic carboxylic acids is 1. The van der Waals surface area contributed by atoms with Gasteiger partial charge in [0.25, 0.3) is 5.91 Å². The molecule has 0 saturated heterocycles. The summed E-state index contributed by atoms with van der Waals surface area (Å²) in [5, 5.41) is 42.2. The normalized spacial score (nSPS) is 17.3. The number of carboxylic acids is 1. The van der Waals surface area contributed by atoms with E-state index in [0.717, 1.165) is 35.3 Å². The van der Waals surface area contributed by atoms with Crippen LogP contribution in [0.3, 0.4) is 0 Å². The molecule has 9 N–H and O–H groups in total. The van der Waals surface area contributed by atoms with Gasteiger partial charge >= 0.3 is 5.97 Å². The van der Waals surface area contributed by atoms with Gasteiger partial charge in [0.2, 0.25) is 23.6 Å². The number of unbranched alkanes of at least 4 members (excludes halogenated alkanes) is 2. The van der Waals surface area contributed by atoms with E-state index in [0.29, 0.717) is 30.5 Å². The molecular formula is C47H56N6O9. The van der Waals surface area contributed by atoms with Gasteiger partial charge in [0, 0.05) is 30.2 Å². The number of phenolic OH excluding ortho intramolecular Hbond substituents is 2. The lowest BCUT2D eigenvalue weighted by molar-refractivity contribution is -0.144. The molecule has 15 heteroatoms. The van der Waals surface area contributed by atoms with Gasteiger partial charge < -0.3 is 47.2 Å². The maximum absolute atomic E-state index is 14.5. The number of aryl methyl sites for hydroxylation is 1. The number of fused-ring (bicyclic) bond motifs is 5. The van der Waals surface area contributed by atoms with Crippen molar-refractivity contribution in [3.05, 3.63) is 107 Å². The van der Waals surface area contributed by atoms with Crippen molar-refractivity contribution in [2.24, 2.45) is 5.73 Å². The van der Waals surface area contributed by atoms with Crippen LogP contribution >= 0.6 is 0 Å². The van der Waals surface area contributed by atoms with Gasteiger partial charge in [-0.2, -0.15) is 0 Å². The van der Waals surface area contributed by atoms with Crippen molar-refractivity contribution >= 4 is 35.5 Å². The fourth-order valence-corrected chi connectivity index (χ4v) is 7.33. The number of likely N-dealkylation sites (N-methyl/N-ethyl adjacent to an activating group) is 1. The predicted octanol–water partition coefficient (Wildman–Crippen LogP) is 4.34. The van der Waals surface area contributed by atoms with E-state index in [9.17, 15) is 44.1 Å². The number of amides is 5. The molecule has 1 aliphatic rings.